The maximum Gasteiger partial charge on any atom is 0.262 e. The summed E-state index contributed by atoms with van der Waals surface area (Å²) in [5.74, 6) is -1.88. The fraction of sp³-hybridized carbons (Fsp3) is 0.500. The molecule has 2 bridgehead atoms. The molecule has 4 fully saturated rings. The number of hydrogen-bond donors (Lipinski definition) is 3. The Morgan fingerprint density at radius 2 is 2.04 bits per heavy atom. The average molecular weight is 382 g/mol. The Balaban J connectivity index is 1.39. The van der Waals surface area contributed by atoms with Crippen LogP contribution >= 0.6 is 0 Å². The third-order valence-corrected chi connectivity index (χ3v) is 6.67. The lowest BCUT2D eigenvalue weighted by molar-refractivity contribution is -0.136. The smallest absolute Gasteiger partial charge is 0.262 e. The number of benzene rings is 1. The molecular weight excluding hydrogens is 360 g/mol. The van der Waals surface area contributed by atoms with E-state index in [0.717, 1.165) is 23.4 Å². The topological polar surface area (TPSA) is 108 Å². The molecule has 4 aliphatic heterocycles. The summed E-state index contributed by atoms with van der Waals surface area (Å²) in [6.45, 7) is 3.72. The van der Waals surface area contributed by atoms with Crippen LogP contribution in [-0.4, -0.2) is 53.2 Å². The molecule has 8 heteroatoms. The van der Waals surface area contributed by atoms with Gasteiger partial charge in [-0.15, -0.1) is 0 Å². The third-order valence-electron chi connectivity index (χ3n) is 6.67. The number of carbonyl (C=O) groups excluding carboxylic acids is 4. The molecule has 1 unspecified atom stereocenters. The van der Waals surface area contributed by atoms with E-state index in [0.29, 0.717) is 29.8 Å². The molecule has 4 heterocycles. The molecule has 4 amide bonds. The minimum Gasteiger partial charge on any atom is -0.312 e. The first-order valence-electron chi connectivity index (χ1n) is 9.69. The van der Waals surface area contributed by atoms with E-state index in [4.69, 9.17) is 0 Å². The second kappa shape index (κ2) is 5.96. The largest absolute Gasteiger partial charge is 0.312 e. The highest BCUT2D eigenvalue weighted by Gasteiger charge is 2.55. The minimum absolute atomic E-state index is 0.118. The van der Waals surface area contributed by atoms with E-state index in [1.807, 2.05) is 6.07 Å². The second-order valence-electron chi connectivity index (χ2n) is 8.49. The van der Waals surface area contributed by atoms with Crippen molar-refractivity contribution in [2.45, 2.75) is 50.9 Å². The van der Waals surface area contributed by atoms with Crippen LogP contribution in [-0.2, 0) is 16.1 Å². The van der Waals surface area contributed by atoms with Gasteiger partial charge in [0.15, 0.2) is 0 Å². The Morgan fingerprint density at radius 3 is 2.71 bits per heavy atom. The fourth-order valence-electron chi connectivity index (χ4n) is 5.15. The van der Waals surface area contributed by atoms with Gasteiger partial charge in [-0.05, 0) is 29.9 Å². The van der Waals surface area contributed by atoms with Gasteiger partial charge in [0.25, 0.3) is 11.8 Å². The quantitative estimate of drug-likeness (QED) is 0.629. The molecule has 1 aromatic rings. The lowest BCUT2D eigenvalue weighted by atomic mass is 9.67. The number of hydrogen-bond acceptors (Lipinski definition) is 6. The minimum atomic E-state index is -0.934. The van der Waals surface area contributed by atoms with Crippen molar-refractivity contribution in [2.24, 2.45) is 5.41 Å². The highest BCUT2D eigenvalue weighted by atomic mass is 16.2. The summed E-state index contributed by atoms with van der Waals surface area (Å²) in [7, 11) is 0. The van der Waals surface area contributed by atoms with Crippen molar-refractivity contribution >= 4 is 23.6 Å². The van der Waals surface area contributed by atoms with Gasteiger partial charge in [0, 0.05) is 31.6 Å². The van der Waals surface area contributed by atoms with Crippen molar-refractivity contribution in [1.29, 1.82) is 0 Å². The summed E-state index contributed by atoms with van der Waals surface area (Å²) in [4.78, 5) is 50.6. The Hall–Kier alpha value is -2.58. The van der Waals surface area contributed by atoms with E-state index >= 15 is 0 Å². The van der Waals surface area contributed by atoms with Crippen molar-refractivity contribution in [1.82, 2.24) is 20.9 Å². The molecule has 6 rings (SSSR count). The number of nitrogens with zero attached hydrogens (tertiary/aromatic N) is 1. The molecule has 0 spiro atoms. The highest BCUT2D eigenvalue weighted by Crippen LogP contribution is 2.46. The van der Waals surface area contributed by atoms with Crippen molar-refractivity contribution in [3.05, 3.63) is 34.9 Å². The predicted octanol–water partition coefficient (Wildman–Crippen LogP) is -0.0722. The second-order valence-corrected chi connectivity index (χ2v) is 8.49. The number of rotatable bonds is 4. The molecule has 0 aromatic heterocycles. The van der Waals surface area contributed by atoms with E-state index < -0.39 is 23.8 Å². The molecule has 28 heavy (non-hydrogen) atoms. The van der Waals surface area contributed by atoms with Crippen molar-refractivity contribution < 1.29 is 19.2 Å². The van der Waals surface area contributed by atoms with E-state index in [2.05, 4.69) is 22.9 Å². The van der Waals surface area contributed by atoms with Crippen LogP contribution in [0, 0.1) is 5.41 Å². The summed E-state index contributed by atoms with van der Waals surface area (Å²) < 4.78 is 0. The third kappa shape index (κ3) is 2.37. The zero-order chi connectivity index (χ0) is 19.6. The summed E-state index contributed by atoms with van der Waals surface area (Å²) in [6, 6.07) is 5.12. The molecule has 5 aliphatic rings. The van der Waals surface area contributed by atoms with Gasteiger partial charge < -0.3 is 10.6 Å². The molecule has 1 aliphatic carbocycles. The highest BCUT2D eigenvalue weighted by molar-refractivity contribution is 6.24. The molecule has 0 radical (unpaired) electrons. The zero-order valence-electron chi connectivity index (χ0n) is 15.6. The monoisotopic (exact) mass is 382 g/mol. The van der Waals surface area contributed by atoms with Gasteiger partial charge in [-0.1, -0.05) is 19.1 Å². The van der Waals surface area contributed by atoms with Crippen LogP contribution in [0.1, 0.15) is 52.5 Å². The SMILES string of the molecule is C[C@@]12CN[C@@H](C1)[C@@H]2NCc1cccc2c1C(=O)N(C1CCC(=O)NC1=O)C2=O. The standard InChI is InChI=1S/C20H22N4O4/c1-20-7-12(22-9-20)16(20)21-8-10-3-2-4-11-15(10)19(28)24(18(11)27)13-5-6-14(25)23-17(13)26/h2-4,12-13,16,21-22H,5-9H2,1H3,(H,23,25,26)/t12-,13?,16-,20-/m0/s1. The van der Waals surface area contributed by atoms with Crippen molar-refractivity contribution in [2.75, 3.05) is 6.54 Å². The molecule has 1 aromatic carbocycles. The van der Waals surface area contributed by atoms with Crippen LogP contribution in [0.5, 0.6) is 0 Å². The maximum atomic E-state index is 13.1. The van der Waals surface area contributed by atoms with Crippen LogP contribution in [0.2, 0.25) is 0 Å². The van der Waals surface area contributed by atoms with Crippen LogP contribution < -0.4 is 16.0 Å². The molecular formula is C20H22N4O4. The van der Waals surface area contributed by atoms with Gasteiger partial charge in [0.05, 0.1) is 11.1 Å². The van der Waals surface area contributed by atoms with Crippen LogP contribution in [0.25, 0.3) is 0 Å². The first-order chi connectivity index (χ1) is 13.4. The lowest BCUT2D eigenvalue weighted by Crippen LogP contribution is -2.57. The maximum absolute atomic E-state index is 13.1. The van der Waals surface area contributed by atoms with Gasteiger partial charge in [-0.2, -0.15) is 0 Å². The number of piperidine rings is 1. The first-order valence-corrected chi connectivity index (χ1v) is 9.69. The van der Waals surface area contributed by atoms with Crippen LogP contribution in [0.3, 0.4) is 0 Å². The van der Waals surface area contributed by atoms with E-state index in [9.17, 15) is 19.2 Å². The predicted molar refractivity (Wildman–Crippen MR) is 98.3 cm³/mol. The molecule has 1 saturated carbocycles. The molecule has 3 saturated heterocycles. The summed E-state index contributed by atoms with van der Waals surface area (Å²) >= 11 is 0. The van der Waals surface area contributed by atoms with Gasteiger partial charge in [-0.3, -0.25) is 29.4 Å². The zero-order valence-corrected chi connectivity index (χ0v) is 15.6. The average Bonchev–Trinajstić information content (AvgIpc) is 3.27. The number of imide groups is 2. The number of amides is 4. The Morgan fingerprint density at radius 1 is 1.21 bits per heavy atom. The molecule has 3 N–H and O–H groups in total. The normalized spacial score (nSPS) is 33.8. The Labute approximate surface area is 162 Å². The van der Waals surface area contributed by atoms with E-state index in [-0.39, 0.29) is 24.2 Å². The van der Waals surface area contributed by atoms with Gasteiger partial charge >= 0.3 is 0 Å². The Kier molecular flexibility index (Phi) is 3.73. The number of carbonyl (C=O) groups is 4. The first kappa shape index (κ1) is 17.5. The molecule has 146 valence electrons. The van der Waals surface area contributed by atoms with Gasteiger partial charge in [0.1, 0.15) is 6.04 Å². The molecule has 8 nitrogen and oxygen atoms in total. The fourth-order valence-corrected chi connectivity index (χ4v) is 5.15. The van der Waals surface area contributed by atoms with Crippen molar-refractivity contribution in [3.8, 4) is 0 Å². The number of nitrogens with one attached hydrogen (secondary N) is 3. The van der Waals surface area contributed by atoms with Crippen LogP contribution in [0.4, 0.5) is 0 Å². The summed E-state index contributed by atoms with van der Waals surface area (Å²) in [5.41, 5.74) is 1.70. The lowest BCUT2D eigenvalue weighted by Gasteiger charge is -2.44. The Bertz CT molecular complexity index is 925. The van der Waals surface area contributed by atoms with E-state index in [1.165, 1.54) is 0 Å². The van der Waals surface area contributed by atoms with Gasteiger partial charge in [-0.25, -0.2) is 0 Å². The number of fused-ring (bicyclic) bond motifs is 2. The van der Waals surface area contributed by atoms with E-state index in [1.54, 1.807) is 12.1 Å². The molecule has 4 atom stereocenters. The van der Waals surface area contributed by atoms with Crippen LogP contribution in [0.15, 0.2) is 18.2 Å². The van der Waals surface area contributed by atoms with Crippen molar-refractivity contribution in [3.63, 3.8) is 0 Å². The van der Waals surface area contributed by atoms with Gasteiger partial charge in [0.2, 0.25) is 11.8 Å². The summed E-state index contributed by atoms with van der Waals surface area (Å²) in [6.07, 6.45) is 1.43. The summed E-state index contributed by atoms with van der Waals surface area (Å²) in [5, 5.41) is 9.25.